The summed E-state index contributed by atoms with van der Waals surface area (Å²) >= 11 is 3.80. The Morgan fingerprint density at radius 3 is 1.95 bits per heavy atom. The van der Waals surface area contributed by atoms with Gasteiger partial charge in [-0.25, -0.2) is 9.97 Å². The maximum absolute atomic E-state index is 5.56. The molecule has 11 aromatic rings. The number of hydrogen-bond donors (Lipinski definition) is 0. The molecule has 2 atom stereocenters. The van der Waals surface area contributed by atoms with E-state index in [1.54, 1.807) is 0 Å². The molecule has 7 aromatic carbocycles. The number of thioether (sulfide) groups is 1. The second kappa shape index (κ2) is 12.4. The van der Waals surface area contributed by atoms with Crippen molar-refractivity contribution in [2.75, 3.05) is 0 Å². The number of benzene rings is 7. The molecule has 0 amide bonds. The minimum atomic E-state index is 0.227. The van der Waals surface area contributed by atoms with Crippen LogP contribution >= 0.6 is 23.1 Å². The van der Waals surface area contributed by atoms with Crippen LogP contribution in [0.5, 0.6) is 0 Å². The van der Waals surface area contributed by atoms with Gasteiger partial charge in [0.15, 0.2) is 0 Å². The molecule has 0 saturated heterocycles. The zero-order chi connectivity index (χ0) is 37.9. The first kappa shape index (κ1) is 32.4. The van der Waals surface area contributed by atoms with E-state index in [0.717, 1.165) is 33.7 Å². The van der Waals surface area contributed by atoms with E-state index in [1.807, 2.05) is 23.1 Å². The van der Waals surface area contributed by atoms with E-state index >= 15 is 0 Å². The predicted molar refractivity (Wildman–Crippen MR) is 245 cm³/mol. The average Bonchev–Trinajstić information content (AvgIpc) is 4.04. The SMILES string of the molecule is C1=CC2c3ccccc3SC2C(c2cc(-c3cccc4c3sc3ccccc34)nc(-n3c4ccccc4c4cc(-n5c6ccccc6c6ccccc65)ccc43)n2)=C1. The first-order valence-electron chi connectivity index (χ1n) is 19.7. The largest absolute Gasteiger partial charge is 0.309 e. The van der Waals surface area contributed by atoms with Gasteiger partial charge >= 0.3 is 0 Å². The molecule has 13 rings (SSSR count). The van der Waals surface area contributed by atoms with Crippen LogP contribution in [-0.2, 0) is 0 Å². The van der Waals surface area contributed by atoms with E-state index in [0.29, 0.717) is 11.9 Å². The quantitative estimate of drug-likeness (QED) is 0.179. The lowest BCUT2D eigenvalue weighted by Gasteiger charge is -2.23. The van der Waals surface area contributed by atoms with Crippen molar-refractivity contribution in [1.29, 1.82) is 0 Å². The van der Waals surface area contributed by atoms with Crippen molar-refractivity contribution in [1.82, 2.24) is 19.1 Å². The van der Waals surface area contributed by atoms with Crippen molar-refractivity contribution >= 4 is 92.5 Å². The van der Waals surface area contributed by atoms with Crippen LogP contribution in [0.2, 0.25) is 0 Å². The highest BCUT2D eigenvalue weighted by molar-refractivity contribution is 8.00. The fraction of sp³-hybridized carbons (Fsp3) is 0.0385. The van der Waals surface area contributed by atoms with Crippen molar-refractivity contribution in [2.45, 2.75) is 16.1 Å². The maximum atomic E-state index is 5.56. The normalized spacial score (nSPS) is 16.2. The van der Waals surface area contributed by atoms with Gasteiger partial charge in [-0.2, -0.15) is 0 Å². The van der Waals surface area contributed by atoms with Gasteiger partial charge in [0.2, 0.25) is 5.95 Å². The van der Waals surface area contributed by atoms with Gasteiger partial charge in [0, 0.05) is 69.0 Å². The molecule has 1 aliphatic heterocycles. The molecule has 4 nitrogen and oxygen atoms in total. The van der Waals surface area contributed by atoms with Crippen LogP contribution < -0.4 is 0 Å². The first-order valence-corrected chi connectivity index (χ1v) is 21.4. The Bertz CT molecular complexity index is 3530. The molecule has 0 fully saturated rings. The zero-order valence-electron chi connectivity index (χ0n) is 31.1. The molecule has 272 valence electrons. The second-order valence-electron chi connectivity index (χ2n) is 15.3. The number of hydrogen-bond acceptors (Lipinski definition) is 4. The number of aromatic nitrogens is 4. The Balaban J connectivity index is 1.06. The number of fused-ring (bicyclic) bond motifs is 12. The molecule has 58 heavy (non-hydrogen) atoms. The van der Waals surface area contributed by atoms with E-state index in [1.165, 1.54) is 68.8 Å². The minimum Gasteiger partial charge on any atom is -0.309 e. The Kier molecular flexibility index (Phi) is 6.91. The molecule has 0 saturated carbocycles. The number of thiophene rings is 1. The van der Waals surface area contributed by atoms with Crippen LogP contribution in [0.25, 0.3) is 92.3 Å². The van der Waals surface area contributed by atoms with Crippen LogP contribution in [-0.4, -0.2) is 24.4 Å². The fourth-order valence-electron chi connectivity index (χ4n) is 9.59. The third-order valence-electron chi connectivity index (χ3n) is 12.1. The lowest BCUT2D eigenvalue weighted by Crippen LogP contribution is -2.15. The molecule has 0 N–H and O–H groups in total. The standard InChI is InChI=1S/C52H32N4S2/c1-6-22-44-32(13-1)33-14-2-7-23-45(33)55(44)31-27-28-47-41(29-31)34-15-3-8-24-46(34)56(47)52-53-42(39-20-11-18-37-35-16-4-9-25-48(35)57-50(37)39)30-43(54-52)40-21-12-19-38-36-17-5-10-26-49(36)58-51(38)40/h1-30,37,50H. The van der Waals surface area contributed by atoms with Gasteiger partial charge in [-0.1, -0.05) is 127 Å². The average molecular weight is 777 g/mol. The monoisotopic (exact) mass is 776 g/mol. The van der Waals surface area contributed by atoms with Crippen LogP contribution in [0.1, 0.15) is 17.2 Å². The lowest BCUT2D eigenvalue weighted by molar-refractivity contribution is 0.883. The molecule has 2 unspecified atom stereocenters. The van der Waals surface area contributed by atoms with Gasteiger partial charge in [0.05, 0.1) is 33.5 Å². The minimum absolute atomic E-state index is 0.227. The molecular formula is C52H32N4S2. The van der Waals surface area contributed by atoms with Crippen molar-refractivity contribution < 1.29 is 0 Å². The lowest BCUT2D eigenvalue weighted by atomic mass is 9.86. The Labute approximate surface area is 342 Å². The molecule has 0 spiro atoms. The van der Waals surface area contributed by atoms with Crippen LogP contribution in [0.4, 0.5) is 0 Å². The Morgan fingerprint density at radius 2 is 1.14 bits per heavy atom. The van der Waals surface area contributed by atoms with E-state index in [-0.39, 0.29) is 5.25 Å². The summed E-state index contributed by atoms with van der Waals surface area (Å²) in [6.07, 6.45) is 6.86. The fourth-order valence-corrected chi connectivity index (χ4v) is 12.3. The van der Waals surface area contributed by atoms with Crippen molar-refractivity contribution in [3.8, 4) is 22.9 Å². The summed E-state index contributed by atoms with van der Waals surface area (Å²) in [6, 6.07) is 59.4. The van der Waals surface area contributed by atoms with E-state index in [4.69, 9.17) is 9.97 Å². The molecule has 1 aliphatic carbocycles. The molecule has 0 bridgehead atoms. The van der Waals surface area contributed by atoms with Crippen molar-refractivity contribution in [2.24, 2.45) is 0 Å². The van der Waals surface area contributed by atoms with E-state index < -0.39 is 0 Å². The Morgan fingerprint density at radius 1 is 0.500 bits per heavy atom. The Hall–Kier alpha value is -6.73. The van der Waals surface area contributed by atoms with Gasteiger partial charge in [-0.15, -0.1) is 23.1 Å². The summed E-state index contributed by atoms with van der Waals surface area (Å²) in [4.78, 5) is 12.5. The summed E-state index contributed by atoms with van der Waals surface area (Å²) in [5.41, 5.74) is 11.3. The highest BCUT2D eigenvalue weighted by Crippen LogP contribution is 2.53. The van der Waals surface area contributed by atoms with Crippen molar-refractivity contribution in [3.63, 3.8) is 0 Å². The number of para-hydroxylation sites is 3. The molecule has 2 aliphatic rings. The number of allylic oxidation sites excluding steroid dienone is 3. The van der Waals surface area contributed by atoms with Gasteiger partial charge in [0.1, 0.15) is 0 Å². The highest BCUT2D eigenvalue weighted by atomic mass is 32.2. The van der Waals surface area contributed by atoms with Crippen LogP contribution in [0.3, 0.4) is 0 Å². The molecule has 0 radical (unpaired) electrons. The summed E-state index contributed by atoms with van der Waals surface area (Å²) in [5.74, 6) is 0.968. The van der Waals surface area contributed by atoms with Gasteiger partial charge in [-0.05, 0) is 65.7 Å². The van der Waals surface area contributed by atoms with Gasteiger partial charge in [0.25, 0.3) is 0 Å². The highest BCUT2D eigenvalue weighted by Gasteiger charge is 2.36. The third-order valence-corrected chi connectivity index (χ3v) is 14.8. The number of rotatable bonds is 4. The van der Waals surface area contributed by atoms with Crippen LogP contribution in [0.15, 0.2) is 187 Å². The smallest absolute Gasteiger partial charge is 0.235 e. The molecule has 4 aromatic heterocycles. The predicted octanol–water partition coefficient (Wildman–Crippen LogP) is 13.9. The molecule has 5 heterocycles. The first-order chi connectivity index (χ1) is 28.8. The third kappa shape index (κ3) is 4.64. The number of nitrogens with zero attached hydrogens (tertiary/aromatic N) is 4. The molecule has 6 heteroatoms. The van der Waals surface area contributed by atoms with Gasteiger partial charge < -0.3 is 4.57 Å². The molecular weight excluding hydrogens is 745 g/mol. The summed E-state index contributed by atoms with van der Waals surface area (Å²) in [6.45, 7) is 0. The zero-order valence-corrected chi connectivity index (χ0v) is 32.7. The summed E-state index contributed by atoms with van der Waals surface area (Å²) in [7, 11) is 0. The summed E-state index contributed by atoms with van der Waals surface area (Å²) < 4.78 is 7.21. The van der Waals surface area contributed by atoms with Crippen LogP contribution in [0, 0.1) is 0 Å². The van der Waals surface area contributed by atoms with Crippen molar-refractivity contribution in [3.05, 3.63) is 193 Å². The van der Waals surface area contributed by atoms with E-state index in [2.05, 4.69) is 191 Å². The van der Waals surface area contributed by atoms with Gasteiger partial charge in [-0.3, -0.25) is 4.57 Å². The summed E-state index contributed by atoms with van der Waals surface area (Å²) in [5, 5.41) is 7.61. The maximum Gasteiger partial charge on any atom is 0.235 e. The topological polar surface area (TPSA) is 35.6 Å². The van der Waals surface area contributed by atoms with E-state index in [9.17, 15) is 0 Å². The second-order valence-corrected chi connectivity index (χ2v) is 17.5.